The molecule has 4 heterocycles. The van der Waals surface area contributed by atoms with E-state index in [-0.39, 0.29) is 21.7 Å². The monoisotopic (exact) mass is 897 g/mol. The first-order chi connectivity index (χ1) is 32.6. The van der Waals surface area contributed by atoms with Crippen LogP contribution in [0.5, 0.6) is 0 Å². The predicted octanol–water partition coefficient (Wildman–Crippen LogP) is 16.4. The van der Waals surface area contributed by atoms with Crippen LogP contribution >= 0.6 is 11.3 Å². The molecule has 3 aliphatic rings. The van der Waals surface area contributed by atoms with Gasteiger partial charge in [0.25, 0.3) is 0 Å². The molecule has 8 aromatic carbocycles. The maximum absolute atomic E-state index is 6.70. The predicted molar refractivity (Wildman–Crippen MR) is 293 cm³/mol. The summed E-state index contributed by atoms with van der Waals surface area (Å²) in [4.78, 5) is 0. The van der Waals surface area contributed by atoms with E-state index in [9.17, 15) is 0 Å². The molecule has 0 atom stereocenters. The van der Waals surface area contributed by atoms with Crippen molar-refractivity contribution in [3.8, 4) is 27.9 Å². The highest BCUT2D eigenvalue weighted by Crippen LogP contribution is 2.56. The minimum absolute atomic E-state index is 0.0423. The summed E-state index contributed by atoms with van der Waals surface area (Å²) in [6.45, 7) is 21.5. The smallest absolute Gasteiger partial charge is 0.198 e. The van der Waals surface area contributed by atoms with Crippen molar-refractivity contribution in [3.05, 3.63) is 161 Å². The van der Waals surface area contributed by atoms with Crippen molar-refractivity contribution >= 4 is 105 Å². The summed E-state index contributed by atoms with van der Waals surface area (Å²) in [6.07, 6.45) is 2.32. The van der Waals surface area contributed by atoms with Crippen LogP contribution in [0.1, 0.15) is 103 Å². The van der Waals surface area contributed by atoms with Crippen molar-refractivity contribution in [1.82, 2.24) is 4.57 Å². The summed E-state index contributed by atoms with van der Waals surface area (Å²) in [5.74, 6) is 0. The van der Waals surface area contributed by atoms with Gasteiger partial charge >= 0.3 is 0 Å². The minimum Gasteiger partial charge on any atom is -0.456 e. The van der Waals surface area contributed by atoms with Crippen LogP contribution in [0.2, 0.25) is 0 Å². The van der Waals surface area contributed by atoms with Crippen LogP contribution in [-0.2, 0) is 21.7 Å². The second-order valence-corrected chi connectivity index (χ2v) is 24.1. The van der Waals surface area contributed by atoms with E-state index in [4.69, 9.17) is 4.42 Å². The second-order valence-electron chi connectivity index (χ2n) is 23.0. The van der Waals surface area contributed by atoms with Crippen molar-refractivity contribution in [3.63, 3.8) is 0 Å². The number of fused-ring (bicyclic) bond motifs is 16. The zero-order chi connectivity index (χ0) is 46.4. The molecule has 1 N–H and O–H groups in total. The highest BCUT2D eigenvalue weighted by Gasteiger charge is 2.41. The molecular formula is C63H54BN2OS. The molecule has 0 saturated heterocycles. The average molecular weight is 898 g/mol. The first-order valence-electron chi connectivity index (χ1n) is 24.5. The zero-order valence-electron chi connectivity index (χ0n) is 40.5. The summed E-state index contributed by atoms with van der Waals surface area (Å²) in [6, 6.07) is 50.8. The molecule has 1 radical (unpaired) electrons. The Morgan fingerprint density at radius 1 is 0.603 bits per heavy atom. The van der Waals surface area contributed by atoms with E-state index < -0.39 is 0 Å². The summed E-state index contributed by atoms with van der Waals surface area (Å²) in [5, 5.41) is 11.7. The Hall–Kier alpha value is -6.56. The molecule has 0 bridgehead atoms. The highest BCUT2D eigenvalue weighted by atomic mass is 32.1. The Morgan fingerprint density at radius 3 is 2.09 bits per heavy atom. The Labute approximate surface area is 403 Å². The molecule has 0 fully saturated rings. The van der Waals surface area contributed by atoms with E-state index in [1.165, 1.54) is 109 Å². The lowest BCUT2D eigenvalue weighted by Crippen LogP contribution is -2.37. The number of nitrogens with zero attached hydrogens (tertiary/aromatic N) is 1. The van der Waals surface area contributed by atoms with Gasteiger partial charge in [-0.3, -0.25) is 0 Å². The van der Waals surface area contributed by atoms with Crippen molar-refractivity contribution < 1.29 is 4.42 Å². The van der Waals surface area contributed by atoms with Gasteiger partial charge in [-0.05, 0) is 128 Å². The molecule has 2 aliphatic carbocycles. The lowest BCUT2D eigenvalue weighted by atomic mass is 9.58. The standard InChI is InChI=1S/C63H54BN2OS/c1-60(2,3)34-22-24-35(25-23-34)65-48-31-44-39(36-16-10-13-19-43(36)63(44,8)9)28-41(48)56-57-58-54(55-38-18-12-15-21-53(38)68-59(55)56)42-29-45-46(62(6,7)27-26-61(45,4)5)32-49(42)66(58)50-33-52-40(30-47(50)64-57)37-17-11-14-20-51(37)67-52/h10-25,28-33,65H,26-27H2,1-9H3. The topological polar surface area (TPSA) is 30.1 Å². The third-order valence-corrected chi connectivity index (χ3v) is 17.8. The SMILES string of the molecule is CC(C)(C)c1ccc(Nc2cc3c(cc2-c2c4c5c(c6cc7c(cc6n5-c5cc6oc8ccccc8c6cc5[B]4)C(C)(C)CCC7(C)C)c4c2sc2ccccc24)-c2ccccc2C3(C)C)cc1. The van der Waals surface area contributed by atoms with Gasteiger partial charge in [0, 0.05) is 81.3 Å². The number of nitrogens with one attached hydrogen (secondary N) is 1. The maximum atomic E-state index is 6.70. The Balaban J connectivity index is 1.17. The minimum atomic E-state index is -0.168. The molecule has 0 saturated carbocycles. The van der Waals surface area contributed by atoms with Crippen molar-refractivity contribution in [1.29, 1.82) is 0 Å². The molecule has 11 aromatic rings. The van der Waals surface area contributed by atoms with E-state index in [2.05, 4.69) is 213 Å². The molecule has 14 rings (SSSR count). The number of thiophene rings is 1. The van der Waals surface area contributed by atoms with Crippen LogP contribution in [0, 0.1) is 0 Å². The maximum Gasteiger partial charge on any atom is 0.198 e. The van der Waals surface area contributed by atoms with Crippen LogP contribution in [0.3, 0.4) is 0 Å². The zero-order valence-corrected chi connectivity index (χ0v) is 41.3. The van der Waals surface area contributed by atoms with Crippen molar-refractivity contribution in [2.75, 3.05) is 5.32 Å². The van der Waals surface area contributed by atoms with Crippen LogP contribution < -0.4 is 16.2 Å². The molecule has 331 valence electrons. The summed E-state index contributed by atoms with van der Waals surface area (Å²) in [7, 11) is 2.53. The molecule has 1 aliphatic heterocycles. The molecule has 0 amide bonds. The van der Waals surface area contributed by atoms with Crippen molar-refractivity contribution in [2.24, 2.45) is 0 Å². The number of anilines is 2. The second kappa shape index (κ2) is 13.4. The van der Waals surface area contributed by atoms with Crippen LogP contribution in [0.4, 0.5) is 11.4 Å². The van der Waals surface area contributed by atoms with E-state index in [0.29, 0.717) is 0 Å². The number of hydrogen-bond donors (Lipinski definition) is 1. The molecule has 0 spiro atoms. The van der Waals surface area contributed by atoms with Gasteiger partial charge in [-0.2, -0.15) is 0 Å². The summed E-state index contributed by atoms with van der Waals surface area (Å²) >= 11 is 1.95. The number of hydrogen-bond acceptors (Lipinski definition) is 3. The number of rotatable bonds is 3. The normalized spacial score (nSPS) is 16.4. The third-order valence-electron chi connectivity index (χ3n) is 16.6. The van der Waals surface area contributed by atoms with Gasteiger partial charge in [0.1, 0.15) is 11.2 Å². The van der Waals surface area contributed by atoms with Crippen LogP contribution in [0.15, 0.2) is 138 Å². The number of aromatic nitrogens is 1. The number of furan rings is 1. The largest absolute Gasteiger partial charge is 0.456 e. The summed E-state index contributed by atoms with van der Waals surface area (Å²) in [5.41, 5.74) is 22.4. The Kier molecular flexibility index (Phi) is 7.96. The highest BCUT2D eigenvalue weighted by molar-refractivity contribution is 7.26. The van der Waals surface area contributed by atoms with E-state index in [1.807, 2.05) is 11.3 Å². The van der Waals surface area contributed by atoms with Crippen LogP contribution in [-0.4, -0.2) is 11.8 Å². The lowest BCUT2D eigenvalue weighted by molar-refractivity contribution is 0.332. The third kappa shape index (κ3) is 5.43. The summed E-state index contributed by atoms with van der Waals surface area (Å²) < 4.78 is 12.0. The van der Waals surface area contributed by atoms with E-state index in [1.54, 1.807) is 0 Å². The number of benzene rings is 8. The van der Waals surface area contributed by atoms with Gasteiger partial charge in [-0.25, -0.2) is 0 Å². The van der Waals surface area contributed by atoms with Crippen molar-refractivity contribution in [2.45, 2.75) is 96.8 Å². The molecule has 0 unspecified atom stereocenters. The fraction of sp³-hybridized carbons (Fsp3) is 0.238. The molecule has 3 aromatic heterocycles. The fourth-order valence-electron chi connectivity index (χ4n) is 12.7. The van der Waals surface area contributed by atoms with Gasteiger partial charge in [-0.15, -0.1) is 11.3 Å². The molecule has 68 heavy (non-hydrogen) atoms. The first-order valence-corrected chi connectivity index (χ1v) is 25.4. The lowest BCUT2D eigenvalue weighted by Gasteiger charge is -2.42. The number of para-hydroxylation sites is 1. The van der Waals surface area contributed by atoms with E-state index >= 15 is 0 Å². The average Bonchev–Trinajstić information content (AvgIpc) is 4.04. The van der Waals surface area contributed by atoms with Gasteiger partial charge in [-0.1, -0.05) is 147 Å². The first kappa shape index (κ1) is 40.5. The fourth-order valence-corrected chi connectivity index (χ4v) is 14.0. The quantitative estimate of drug-likeness (QED) is 0.179. The molecule has 3 nitrogen and oxygen atoms in total. The van der Waals surface area contributed by atoms with Gasteiger partial charge < -0.3 is 14.3 Å². The van der Waals surface area contributed by atoms with E-state index in [0.717, 1.165) is 46.2 Å². The van der Waals surface area contributed by atoms with Gasteiger partial charge in [0.15, 0.2) is 7.28 Å². The van der Waals surface area contributed by atoms with Gasteiger partial charge in [0.05, 0.1) is 5.52 Å². The van der Waals surface area contributed by atoms with Crippen LogP contribution in [0.25, 0.3) is 91.9 Å². The molecule has 5 heteroatoms. The van der Waals surface area contributed by atoms with Gasteiger partial charge in [0.2, 0.25) is 0 Å². The Morgan fingerprint density at radius 2 is 1.31 bits per heavy atom. The Bertz CT molecular complexity index is 4030. The molecular weight excluding hydrogens is 844 g/mol.